The molecule has 1 N–H and O–H groups in total. The molecule has 0 unspecified atom stereocenters. The van der Waals surface area contributed by atoms with E-state index >= 15 is 0 Å². The third kappa shape index (κ3) is 4.88. The molecular formula is C5H10NOY-. The van der Waals surface area contributed by atoms with Gasteiger partial charge in [-0.05, 0) is 6.92 Å². The maximum Gasteiger partial charge on any atom is 0.114 e. The summed E-state index contributed by atoms with van der Waals surface area (Å²) in [6, 6.07) is 0. The van der Waals surface area contributed by atoms with Crippen LogP contribution in [-0.4, -0.2) is 11.3 Å². The van der Waals surface area contributed by atoms with E-state index < -0.39 is 5.54 Å². The minimum atomic E-state index is -0.889. The minimum absolute atomic E-state index is 0. The Bertz CT molecular complexity index is 84.9. The molecule has 0 amide bonds. The van der Waals surface area contributed by atoms with E-state index in [4.69, 9.17) is 5.73 Å². The van der Waals surface area contributed by atoms with E-state index in [0.717, 1.165) is 0 Å². The van der Waals surface area contributed by atoms with Crippen LogP contribution in [0.3, 0.4) is 0 Å². The first kappa shape index (κ1) is 11.5. The molecule has 0 aliphatic heterocycles. The van der Waals surface area contributed by atoms with Crippen molar-refractivity contribution < 1.29 is 37.5 Å². The third-order valence-corrected chi connectivity index (χ3v) is 0.880. The average Bonchev–Trinajstić information content (AvgIpc) is 1.31. The molecule has 45 valence electrons. The number of carbonyl (C=O) groups excluding carboxylic acids is 1. The molecule has 0 aromatic carbocycles. The summed E-state index contributed by atoms with van der Waals surface area (Å²) in [6.45, 7) is 4.58. The Balaban J connectivity index is 0. The SMILES string of the molecule is CC(=O)C(C)(C)[NH-].[Y]. The van der Waals surface area contributed by atoms with Gasteiger partial charge >= 0.3 is 0 Å². The molecule has 0 heterocycles. The Morgan fingerprint density at radius 3 is 1.62 bits per heavy atom. The first-order chi connectivity index (χ1) is 2.94. The number of ketones is 1. The van der Waals surface area contributed by atoms with E-state index in [-0.39, 0.29) is 38.5 Å². The van der Waals surface area contributed by atoms with E-state index in [0.29, 0.717) is 0 Å². The molecule has 1 radical (unpaired) electrons. The van der Waals surface area contributed by atoms with Gasteiger partial charge in [-0.15, -0.1) is 0 Å². The fourth-order valence-corrected chi connectivity index (χ4v) is 0. The number of hydrogen-bond acceptors (Lipinski definition) is 1. The average molecular weight is 189 g/mol. The van der Waals surface area contributed by atoms with Gasteiger partial charge in [0.25, 0.3) is 0 Å². The zero-order valence-electron chi connectivity index (χ0n) is 5.49. The molecule has 0 spiro atoms. The number of rotatable bonds is 1. The molecule has 0 aromatic heterocycles. The summed E-state index contributed by atoms with van der Waals surface area (Å²) in [5.41, 5.74) is 6.15. The van der Waals surface area contributed by atoms with E-state index in [2.05, 4.69) is 0 Å². The van der Waals surface area contributed by atoms with Crippen molar-refractivity contribution in [1.82, 2.24) is 0 Å². The van der Waals surface area contributed by atoms with Crippen molar-refractivity contribution in [3.05, 3.63) is 5.73 Å². The van der Waals surface area contributed by atoms with Crippen molar-refractivity contribution in [3.8, 4) is 0 Å². The van der Waals surface area contributed by atoms with Crippen molar-refractivity contribution in [1.29, 1.82) is 0 Å². The quantitative estimate of drug-likeness (QED) is 0.614. The molecule has 0 fully saturated rings. The maximum absolute atomic E-state index is 10.3. The van der Waals surface area contributed by atoms with Crippen molar-refractivity contribution in [2.45, 2.75) is 26.3 Å². The predicted octanol–water partition coefficient (Wildman–Crippen LogP) is 1.40. The summed E-state index contributed by atoms with van der Waals surface area (Å²) in [6.07, 6.45) is 0. The van der Waals surface area contributed by atoms with E-state index in [1.165, 1.54) is 6.92 Å². The standard InChI is InChI=1S/C5H10NO.Y/c1-4(7)5(2,3)6;/h6H,1-3H3;/q-1;. The van der Waals surface area contributed by atoms with Gasteiger partial charge in [0.1, 0.15) is 5.78 Å². The number of carbonyl (C=O) groups is 1. The molecule has 0 rings (SSSR count). The fourth-order valence-electron chi connectivity index (χ4n) is 0. The molecule has 3 heteroatoms. The Labute approximate surface area is 75.1 Å². The van der Waals surface area contributed by atoms with Crippen molar-refractivity contribution in [2.24, 2.45) is 0 Å². The molecular weight excluding hydrogens is 179 g/mol. The Kier molecular flexibility index (Phi) is 5.33. The molecule has 0 bridgehead atoms. The second-order valence-corrected chi connectivity index (χ2v) is 2.18. The van der Waals surface area contributed by atoms with Crippen LogP contribution in [0, 0.1) is 0 Å². The van der Waals surface area contributed by atoms with Crippen LogP contribution >= 0.6 is 0 Å². The fraction of sp³-hybridized carbons (Fsp3) is 0.800. The zero-order valence-corrected chi connectivity index (χ0v) is 8.32. The molecule has 2 nitrogen and oxygen atoms in total. The van der Waals surface area contributed by atoms with Gasteiger partial charge in [0.15, 0.2) is 0 Å². The summed E-state index contributed by atoms with van der Waals surface area (Å²) in [7, 11) is 0. The summed E-state index contributed by atoms with van der Waals surface area (Å²) >= 11 is 0. The Morgan fingerprint density at radius 2 is 1.62 bits per heavy atom. The summed E-state index contributed by atoms with van der Waals surface area (Å²) < 4.78 is 0. The van der Waals surface area contributed by atoms with Gasteiger partial charge in [-0.2, -0.15) is 0 Å². The van der Waals surface area contributed by atoms with Gasteiger partial charge in [0.2, 0.25) is 0 Å². The van der Waals surface area contributed by atoms with Gasteiger partial charge < -0.3 is 10.5 Å². The summed E-state index contributed by atoms with van der Waals surface area (Å²) in [4.78, 5) is 10.3. The van der Waals surface area contributed by atoms with Gasteiger partial charge in [-0.3, -0.25) is 0 Å². The largest absolute Gasteiger partial charge is 0.666 e. The van der Waals surface area contributed by atoms with Crippen LogP contribution in [0.2, 0.25) is 0 Å². The van der Waals surface area contributed by atoms with Gasteiger partial charge in [0, 0.05) is 32.7 Å². The second kappa shape index (κ2) is 3.70. The topological polar surface area (TPSA) is 40.9 Å². The molecule has 0 saturated carbocycles. The summed E-state index contributed by atoms with van der Waals surface area (Å²) in [5.74, 6) is -0.0903. The van der Waals surface area contributed by atoms with Gasteiger partial charge in [-0.1, -0.05) is 19.4 Å². The number of Topliss-reactive ketones (excluding diaryl/α,β-unsaturated/α-hetero) is 1. The van der Waals surface area contributed by atoms with Gasteiger partial charge in [-0.25, -0.2) is 0 Å². The second-order valence-electron chi connectivity index (χ2n) is 2.18. The van der Waals surface area contributed by atoms with E-state index in [9.17, 15) is 4.79 Å². The number of nitrogens with one attached hydrogen (secondary N) is 1. The van der Waals surface area contributed by atoms with Crippen LogP contribution in [0.5, 0.6) is 0 Å². The molecule has 0 atom stereocenters. The molecule has 0 aliphatic rings. The van der Waals surface area contributed by atoms with Crippen LogP contribution in [0.4, 0.5) is 0 Å². The minimum Gasteiger partial charge on any atom is -0.666 e. The first-order valence-corrected chi connectivity index (χ1v) is 2.20. The molecule has 8 heavy (non-hydrogen) atoms. The summed E-state index contributed by atoms with van der Waals surface area (Å²) in [5, 5.41) is 0. The first-order valence-electron chi connectivity index (χ1n) is 2.20. The van der Waals surface area contributed by atoms with Crippen LogP contribution < -0.4 is 0 Å². The monoisotopic (exact) mass is 189 g/mol. The van der Waals surface area contributed by atoms with Gasteiger partial charge in [0.05, 0.1) is 0 Å². The van der Waals surface area contributed by atoms with Crippen molar-refractivity contribution in [3.63, 3.8) is 0 Å². The van der Waals surface area contributed by atoms with Crippen LogP contribution in [0.1, 0.15) is 20.8 Å². The third-order valence-electron chi connectivity index (χ3n) is 0.880. The molecule has 0 saturated heterocycles. The smallest absolute Gasteiger partial charge is 0.114 e. The number of hydrogen-bond donors (Lipinski definition) is 0. The van der Waals surface area contributed by atoms with Crippen LogP contribution in [0.15, 0.2) is 0 Å². The maximum atomic E-state index is 10.3. The van der Waals surface area contributed by atoms with Crippen LogP contribution in [0.25, 0.3) is 5.73 Å². The molecule has 0 aromatic rings. The van der Waals surface area contributed by atoms with E-state index in [1.54, 1.807) is 13.8 Å². The zero-order chi connectivity index (χ0) is 6.08. The van der Waals surface area contributed by atoms with E-state index in [1.807, 2.05) is 0 Å². The van der Waals surface area contributed by atoms with Crippen molar-refractivity contribution in [2.75, 3.05) is 0 Å². The van der Waals surface area contributed by atoms with Crippen molar-refractivity contribution >= 4 is 5.78 Å². The Hall–Kier alpha value is 0.734. The predicted molar refractivity (Wildman–Crippen MR) is 29.1 cm³/mol. The Morgan fingerprint density at radius 1 is 1.50 bits per heavy atom. The van der Waals surface area contributed by atoms with Crippen LogP contribution in [-0.2, 0) is 37.5 Å². The molecule has 0 aliphatic carbocycles. The normalized spacial score (nSPS) is 10.0.